The third kappa shape index (κ3) is 2.60. The molecule has 0 unspecified atom stereocenters. The Balaban J connectivity index is 2.30. The van der Waals surface area contributed by atoms with Crippen molar-refractivity contribution >= 4 is 5.97 Å². The first-order chi connectivity index (χ1) is 8.16. The lowest BCUT2D eigenvalue weighted by Gasteiger charge is -2.10. The maximum Gasteiger partial charge on any atom is 0.228 e. The van der Waals surface area contributed by atoms with Crippen LogP contribution in [0.1, 0.15) is 15.9 Å². The average molecular weight is 228 g/mol. The molecule has 0 aliphatic rings. The van der Waals surface area contributed by atoms with E-state index in [-0.39, 0.29) is 11.4 Å². The van der Waals surface area contributed by atoms with E-state index >= 15 is 0 Å². The number of pyridine rings is 1. The Hall–Kier alpha value is -2.36. The van der Waals surface area contributed by atoms with Gasteiger partial charge in [0.05, 0.1) is 11.5 Å². The molecule has 1 aromatic carbocycles. The van der Waals surface area contributed by atoms with Crippen molar-refractivity contribution in [3.8, 4) is 11.6 Å². The second-order valence-corrected chi connectivity index (χ2v) is 3.56. The summed E-state index contributed by atoms with van der Waals surface area (Å²) >= 11 is 0. The van der Waals surface area contributed by atoms with Crippen molar-refractivity contribution < 1.29 is 14.6 Å². The summed E-state index contributed by atoms with van der Waals surface area (Å²) in [5.41, 5.74) is 1.03. The molecule has 17 heavy (non-hydrogen) atoms. The average Bonchev–Trinajstić information content (AvgIpc) is 2.32. The molecule has 2 aromatic rings. The molecule has 0 atom stereocenters. The SMILES string of the molecule is Cc1ccc(Oc2ncccc2C(=O)[O-])cc1. The van der Waals surface area contributed by atoms with Crippen molar-refractivity contribution in [2.75, 3.05) is 0 Å². The number of aromatic carboxylic acids is 1. The number of carbonyl (C=O) groups is 1. The number of aromatic nitrogens is 1. The summed E-state index contributed by atoms with van der Waals surface area (Å²) in [7, 11) is 0. The Labute approximate surface area is 98.5 Å². The van der Waals surface area contributed by atoms with E-state index in [1.165, 1.54) is 18.3 Å². The summed E-state index contributed by atoms with van der Waals surface area (Å²) in [6.45, 7) is 1.96. The van der Waals surface area contributed by atoms with Gasteiger partial charge >= 0.3 is 0 Å². The third-order valence-electron chi connectivity index (χ3n) is 2.23. The molecule has 4 nitrogen and oxygen atoms in total. The summed E-state index contributed by atoms with van der Waals surface area (Å²) in [5.74, 6) is -0.728. The number of ether oxygens (including phenoxy) is 1. The maximum absolute atomic E-state index is 10.8. The number of nitrogens with zero attached hydrogens (tertiary/aromatic N) is 1. The maximum atomic E-state index is 10.8. The minimum Gasteiger partial charge on any atom is -0.545 e. The zero-order chi connectivity index (χ0) is 12.3. The van der Waals surface area contributed by atoms with Gasteiger partial charge in [0.15, 0.2) is 0 Å². The van der Waals surface area contributed by atoms with Gasteiger partial charge < -0.3 is 14.6 Å². The van der Waals surface area contributed by atoms with Crippen molar-refractivity contribution in [2.45, 2.75) is 6.92 Å². The van der Waals surface area contributed by atoms with Gasteiger partial charge in [-0.3, -0.25) is 0 Å². The number of aryl methyl sites for hydroxylation is 1. The van der Waals surface area contributed by atoms with Crippen LogP contribution in [0.2, 0.25) is 0 Å². The Morgan fingerprint density at radius 2 is 1.94 bits per heavy atom. The lowest BCUT2D eigenvalue weighted by Crippen LogP contribution is -2.23. The lowest BCUT2D eigenvalue weighted by molar-refractivity contribution is -0.255. The van der Waals surface area contributed by atoms with Crippen LogP contribution in [-0.4, -0.2) is 11.0 Å². The summed E-state index contributed by atoms with van der Waals surface area (Å²) < 4.78 is 5.39. The minimum atomic E-state index is -1.31. The predicted molar refractivity (Wildman–Crippen MR) is 59.8 cm³/mol. The van der Waals surface area contributed by atoms with Gasteiger partial charge in [0, 0.05) is 6.20 Å². The fourth-order valence-electron chi connectivity index (χ4n) is 1.35. The number of hydrogen-bond acceptors (Lipinski definition) is 4. The highest BCUT2D eigenvalue weighted by molar-refractivity contribution is 5.88. The summed E-state index contributed by atoms with van der Waals surface area (Å²) in [6, 6.07) is 10.2. The van der Waals surface area contributed by atoms with E-state index in [1.54, 1.807) is 12.1 Å². The number of carboxylic acids is 1. The summed E-state index contributed by atoms with van der Waals surface area (Å²) in [5, 5.41) is 10.8. The standard InChI is InChI=1S/C13H11NO3/c1-9-4-6-10(7-5-9)17-12-11(13(15)16)3-2-8-14-12/h2-8H,1H3,(H,15,16)/p-1. The van der Waals surface area contributed by atoms with Gasteiger partial charge in [0.2, 0.25) is 5.88 Å². The molecule has 4 heteroatoms. The van der Waals surface area contributed by atoms with Gasteiger partial charge in [-0.05, 0) is 31.2 Å². The molecule has 2 rings (SSSR count). The molecular weight excluding hydrogens is 218 g/mol. The van der Waals surface area contributed by atoms with E-state index in [4.69, 9.17) is 4.74 Å². The van der Waals surface area contributed by atoms with Crippen LogP contribution >= 0.6 is 0 Å². The summed E-state index contributed by atoms with van der Waals surface area (Å²) in [4.78, 5) is 14.7. The van der Waals surface area contributed by atoms with E-state index in [2.05, 4.69) is 4.98 Å². The third-order valence-corrected chi connectivity index (χ3v) is 2.23. The van der Waals surface area contributed by atoms with Gasteiger partial charge in [-0.1, -0.05) is 17.7 Å². The Morgan fingerprint density at radius 3 is 2.59 bits per heavy atom. The fourth-order valence-corrected chi connectivity index (χ4v) is 1.35. The van der Waals surface area contributed by atoms with Crippen LogP contribution in [0.4, 0.5) is 0 Å². The van der Waals surface area contributed by atoms with Crippen LogP contribution < -0.4 is 9.84 Å². The van der Waals surface area contributed by atoms with Gasteiger partial charge in [-0.25, -0.2) is 4.98 Å². The molecule has 0 amide bonds. The van der Waals surface area contributed by atoms with Crippen LogP contribution in [0.15, 0.2) is 42.6 Å². The molecule has 1 aromatic heterocycles. The normalized spacial score (nSPS) is 9.94. The zero-order valence-corrected chi connectivity index (χ0v) is 9.21. The quantitative estimate of drug-likeness (QED) is 0.799. The van der Waals surface area contributed by atoms with E-state index in [0.717, 1.165) is 5.56 Å². The fraction of sp³-hybridized carbons (Fsp3) is 0.0769. The predicted octanol–water partition coefficient (Wildman–Crippen LogP) is 1.55. The molecule has 1 heterocycles. The van der Waals surface area contributed by atoms with Crippen LogP contribution in [-0.2, 0) is 0 Å². The Morgan fingerprint density at radius 1 is 1.24 bits per heavy atom. The molecule has 0 bridgehead atoms. The van der Waals surface area contributed by atoms with E-state index in [9.17, 15) is 9.90 Å². The van der Waals surface area contributed by atoms with Gasteiger partial charge in [-0.2, -0.15) is 0 Å². The van der Waals surface area contributed by atoms with Crippen LogP contribution in [0, 0.1) is 6.92 Å². The number of rotatable bonds is 3. The number of carboxylic acid groups (broad SMARTS) is 1. The second kappa shape index (κ2) is 4.65. The van der Waals surface area contributed by atoms with Crippen LogP contribution in [0.3, 0.4) is 0 Å². The molecule has 0 fully saturated rings. The first-order valence-corrected chi connectivity index (χ1v) is 5.08. The van der Waals surface area contributed by atoms with Crippen molar-refractivity contribution in [3.63, 3.8) is 0 Å². The minimum absolute atomic E-state index is 0.0383. The monoisotopic (exact) mass is 228 g/mol. The molecule has 86 valence electrons. The van der Waals surface area contributed by atoms with Crippen molar-refractivity contribution in [1.82, 2.24) is 4.98 Å². The molecule has 0 aliphatic carbocycles. The molecule has 0 saturated carbocycles. The molecule has 0 spiro atoms. The molecule has 0 radical (unpaired) electrons. The molecule has 0 saturated heterocycles. The highest BCUT2D eigenvalue weighted by atomic mass is 16.5. The highest BCUT2D eigenvalue weighted by Crippen LogP contribution is 2.22. The Bertz CT molecular complexity index is 535. The topological polar surface area (TPSA) is 62.2 Å². The van der Waals surface area contributed by atoms with Crippen molar-refractivity contribution in [2.24, 2.45) is 0 Å². The number of benzene rings is 1. The van der Waals surface area contributed by atoms with E-state index < -0.39 is 5.97 Å². The molecular formula is C13H10NO3-. The molecule has 0 N–H and O–H groups in total. The Kier molecular flexibility index (Phi) is 3.05. The summed E-state index contributed by atoms with van der Waals surface area (Å²) in [6.07, 6.45) is 1.47. The molecule has 0 aliphatic heterocycles. The second-order valence-electron chi connectivity index (χ2n) is 3.56. The highest BCUT2D eigenvalue weighted by Gasteiger charge is 2.06. The van der Waals surface area contributed by atoms with Gasteiger partial charge in [0.25, 0.3) is 0 Å². The smallest absolute Gasteiger partial charge is 0.228 e. The number of carbonyl (C=O) groups excluding carboxylic acids is 1. The largest absolute Gasteiger partial charge is 0.545 e. The van der Waals surface area contributed by atoms with Crippen LogP contribution in [0.5, 0.6) is 11.6 Å². The first kappa shape index (κ1) is 11.1. The van der Waals surface area contributed by atoms with Crippen molar-refractivity contribution in [1.29, 1.82) is 0 Å². The zero-order valence-electron chi connectivity index (χ0n) is 9.21. The van der Waals surface area contributed by atoms with Gasteiger partial charge in [-0.15, -0.1) is 0 Å². The number of hydrogen-bond donors (Lipinski definition) is 0. The first-order valence-electron chi connectivity index (χ1n) is 5.08. The van der Waals surface area contributed by atoms with E-state index in [0.29, 0.717) is 5.75 Å². The van der Waals surface area contributed by atoms with E-state index in [1.807, 2.05) is 19.1 Å². The van der Waals surface area contributed by atoms with Gasteiger partial charge in [0.1, 0.15) is 5.75 Å². The van der Waals surface area contributed by atoms with Crippen LogP contribution in [0.25, 0.3) is 0 Å². The van der Waals surface area contributed by atoms with Crippen molar-refractivity contribution in [3.05, 3.63) is 53.7 Å². The lowest BCUT2D eigenvalue weighted by atomic mass is 10.2.